The zero-order chi connectivity index (χ0) is 42.1. The van der Waals surface area contributed by atoms with E-state index >= 15 is 0 Å². The van der Waals surface area contributed by atoms with Crippen molar-refractivity contribution in [1.82, 2.24) is 28.0 Å². The predicted octanol–water partition coefficient (Wildman–Crippen LogP) is 6.83. The first-order chi connectivity index (χ1) is 28.0. The number of nitro groups is 1. The Balaban J connectivity index is 1.23. The number of sulfonamides is 1. The van der Waals surface area contributed by atoms with E-state index < -0.39 is 36.7 Å². The molecule has 0 radical (unpaired) electrons. The summed E-state index contributed by atoms with van der Waals surface area (Å²) in [6, 6.07) is 17.0. The number of aromatic nitrogens is 5. The highest BCUT2D eigenvalue weighted by Crippen LogP contribution is 2.40. The number of anilines is 2. The van der Waals surface area contributed by atoms with E-state index in [0.717, 1.165) is 33.9 Å². The van der Waals surface area contributed by atoms with Crippen molar-refractivity contribution in [3.05, 3.63) is 116 Å². The number of para-hydroxylation sites is 1. The molecule has 0 spiro atoms. The Morgan fingerprint density at radius 1 is 0.898 bits per heavy atom. The number of nitro benzene ring substituents is 1. The van der Waals surface area contributed by atoms with Gasteiger partial charge in [-0.3, -0.25) is 14.8 Å². The van der Waals surface area contributed by atoms with E-state index in [2.05, 4.69) is 4.90 Å². The molecule has 1 unspecified atom stereocenters. The summed E-state index contributed by atoms with van der Waals surface area (Å²) in [6.45, 7) is 11.2. The van der Waals surface area contributed by atoms with E-state index in [0.29, 0.717) is 52.6 Å². The fourth-order valence-electron chi connectivity index (χ4n) is 8.28. The van der Waals surface area contributed by atoms with Gasteiger partial charge in [0, 0.05) is 81.0 Å². The van der Waals surface area contributed by atoms with Crippen LogP contribution in [-0.2, 0) is 40.1 Å². The first-order valence-corrected chi connectivity index (χ1v) is 22.6. The maximum absolute atomic E-state index is 14.0. The Morgan fingerprint density at radius 2 is 1.63 bits per heavy atom. The number of hydrogen-bond donors (Lipinski definition) is 0. The first-order valence-electron chi connectivity index (χ1n) is 19.3. The minimum atomic E-state index is -4.23. The van der Waals surface area contributed by atoms with Crippen molar-refractivity contribution in [2.45, 2.75) is 69.3 Å². The molecule has 3 aromatic carbocycles. The van der Waals surface area contributed by atoms with Crippen LogP contribution >= 0.6 is 11.6 Å². The largest absolute Gasteiger partial charge is 0.353 e. The van der Waals surface area contributed by atoms with Gasteiger partial charge in [-0.1, -0.05) is 67.4 Å². The molecule has 1 saturated heterocycles. The zero-order valence-electron chi connectivity index (χ0n) is 33.5. The van der Waals surface area contributed by atoms with E-state index in [1.165, 1.54) is 32.5 Å². The summed E-state index contributed by atoms with van der Waals surface area (Å²) in [5.41, 5.74) is 4.82. The van der Waals surface area contributed by atoms with Crippen LogP contribution in [0.2, 0.25) is 5.02 Å². The van der Waals surface area contributed by atoms with Crippen LogP contribution < -0.4 is 9.80 Å². The summed E-state index contributed by atoms with van der Waals surface area (Å²) in [4.78, 5) is 25.6. The molecule has 15 nitrogen and oxygen atoms in total. The third-order valence-electron chi connectivity index (χ3n) is 11.2. The highest BCUT2D eigenvalue weighted by atomic mass is 35.5. The standard InChI is InChI=1S/C41H44ClN9O6S2/c1-25(2)38-37(42)41(46(6)45-38)48-19-18-32-31(24-48)40(47-20-21-49(28(5)23-47)59(56,57)35-13-8-7-11-33(35)51(52)53)44-39(43-32)30-10-9-12-34-36(30)27(4)22-50(34)58(54,55)29-16-14-26(3)15-17-29/h7-17,22,25,28H,18-21,23-24H2,1-6H3. The number of nitrogens with zero attached hydrogens (tertiary/aromatic N) is 9. The van der Waals surface area contributed by atoms with Crippen LogP contribution in [0, 0.1) is 24.0 Å². The topological polar surface area (TPSA) is 170 Å². The highest BCUT2D eigenvalue weighted by molar-refractivity contribution is 7.90. The van der Waals surface area contributed by atoms with Crippen LogP contribution in [0.15, 0.2) is 82.7 Å². The molecular weight excluding hydrogens is 814 g/mol. The summed E-state index contributed by atoms with van der Waals surface area (Å²) < 4.78 is 60.4. The van der Waals surface area contributed by atoms with Crippen LogP contribution in [0.3, 0.4) is 0 Å². The SMILES string of the molecule is Cc1ccc(S(=O)(=O)n2cc(C)c3c(-c4nc5c(c(N6CCN(S(=O)(=O)c7ccccc7[N+](=O)[O-])C(C)C6)n4)CN(c4c(Cl)c(C(C)C)nn4C)CC5)cccc32)cc1. The van der Waals surface area contributed by atoms with Gasteiger partial charge < -0.3 is 9.80 Å². The third kappa shape index (κ3) is 6.92. The number of piperazine rings is 1. The quantitative estimate of drug-likeness (QED) is 0.110. The molecule has 6 aromatic rings. The van der Waals surface area contributed by atoms with Crippen LogP contribution in [-0.4, -0.2) is 82.0 Å². The predicted molar refractivity (Wildman–Crippen MR) is 227 cm³/mol. The average molecular weight is 858 g/mol. The number of halogens is 1. The summed E-state index contributed by atoms with van der Waals surface area (Å²) >= 11 is 6.97. The maximum Gasteiger partial charge on any atom is 0.289 e. The third-order valence-corrected chi connectivity index (χ3v) is 15.3. The molecule has 0 saturated carbocycles. The minimum Gasteiger partial charge on any atom is -0.353 e. The van der Waals surface area contributed by atoms with Gasteiger partial charge in [0.2, 0.25) is 10.0 Å². The van der Waals surface area contributed by atoms with Crippen molar-refractivity contribution in [1.29, 1.82) is 0 Å². The lowest BCUT2D eigenvalue weighted by atomic mass is 10.0. The van der Waals surface area contributed by atoms with E-state index in [1.54, 1.807) is 54.2 Å². The second-order valence-corrected chi connectivity index (χ2v) is 19.6. The first kappa shape index (κ1) is 40.4. The highest BCUT2D eigenvalue weighted by Gasteiger charge is 2.39. The second kappa shape index (κ2) is 15.0. The van der Waals surface area contributed by atoms with Gasteiger partial charge in [0.1, 0.15) is 16.7 Å². The summed E-state index contributed by atoms with van der Waals surface area (Å²) in [7, 11) is -6.30. The van der Waals surface area contributed by atoms with Crippen LogP contribution in [0.5, 0.6) is 0 Å². The molecule has 8 rings (SSSR count). The van der Waals surface area contributed by atoms with Crippen molar-refractivity contribution in [2.75, 3.05) is 36.0 Å². The van der Waals surface area contributed by atoms with E-state index in [4.69, 9.17) is 26.7 Å². The van der Waals surface area contributed by atoms with Gasteiger partial charge in [0.05, 0.1) is 26.7 Å². The Labute approximate surface area is 348 Å². The van der Waals surface area contributed by atoms with Gasteiger partial charge in [-0.25, -0.2) is 30.8 Å². The number of hydrogen-bond acceptors (Lipinski definition) is 11. The summed E-state index contributed by atoms with van der Waals surface area (Å²) in [5.74, 6) is 1.92. The molecule has 2 aliphatic rings. The van der Waals surface area contributed by atoms with Gasteiger partial charge in [-0.15, -0.1) is 0 Å². The number of fused-ring (bicyclic) bond motifs is 2. The van der Waals surface area contributed by atoms with E-state index in [1.807, 2.05) is 45.7 Å². The Hall–Kier alpha value is -5.36. The van der Waals surface area contributed by atoms with Crippen LogP contribution in [0.25, 0.3) is 22.3 Å². The summed E-state index contributed by atoms with van der Waals surface area (Å²) in [5, 5.41) is 17.8. The molecule has 5 heterocycles. The molecular formula is C41H44ClN9O6S2. The number of aryl methyl sites for hydroxylation is 3. The van der Waals surface area contributed by atoms with Crippen molar-refractivity contribution in [3.8, 4) is 11.4 Å². The lowest BCUT2D eigenvalue weighted by Gasteiger charge is -2.41. The van der Waals surface area contributed by atoms with Crippen LogP contribution in [0.1, 0.15) is 54.8 Å². The lowest BCUT2D eigenvalue weighted by Crippen LogP contribution is -2.54. The Kier molecular flexibility index (Phi) is 10.3. The van der Waals surface area contributed by atoms with Crippen molar-refractivity contribution >= 4 is 59.9 Å². The number of rotatable bonds is 9. The van der Waals surface area contributed by atoms with Crippen molar-refractivity contribution in [3.63, 3.8) is 0 Å². The maximum atomic E-state index is 14.0. The molecule has 2 aliphatic heterocycles. The molecule has 308 valence electrons. The smallest absolute Gasteiger partial charge is 0.289 e. The average Bonchev–Trinajstić information content (AvgIpc) is 3.72. The van der Waals surface area contributed by atoms with Gasteiger partial charge >= 0.3 is 0 Å². The Morgan fingerprint density at radius 3 is 2.31 bits per heavy atom. The molecule has 0 aliphatic carbocycles. The van der Waals surface area contributed by atoms with E-state index in [-0.39, 0.29) is 35.3 Å². The molecule has 59 heavy (non-hydrogen) atoms. The normalized spacial score (nSPS) is 16.6. The second-order valence-electron chi connectivity index (χ2n) is 15.5. The van der Waals surface area contributed by atoms with Gasteiger partial charge in [-0.05, 0) is 56.5 Å². The van der Waals surface area contributed by atoms with Crippen LogP contribution in [0.4, 0.5) is 17.3 Å². The fraction of sp³-hybridized carbons (Fsp3) is 0.341. The van der Waals surface area contributed by atoms with Gasteiger partial charge in [-0.2, -0.15) is 9.40 Å². The molecule has 0 bridgehead atoms. The van der Waals surface area contributed by atoms with Crippen molar-refractivity contribution < 1.29 is 21.8 Å². The van der Waals surface area contributed by atoms with Crippen molar-refractivity contribution in [2.24, 2.45) is 7.05 Å². The lowest BCUT2D eigenvalue weighted by molar-refractivity contribution is -0.387. The minimum absolute atomic E-state index is 0.0487. The molecule has 0 amide bonds. The zero-order valence-corrected chi connectivity index (χ0v) is 35.9. The van der Waals surface area contributed by atoms with Gasteiger partial charge in [0.15, 0.2) is 10.7 Å². The molecule has 0 N–H and O–H groups in total. The molecule has 3 aromatic heterocycles. The van der Waals surface area contributed by atoms with E-state index in [9.17, 15) is 26.9 Å². The fourth-order valence-corrected chi connectivity index (χ4v) is 12.0. The van der Waals surface area contributed by atoms with Gasteiger partial charge in [0.25, 0.3) is 15.7 Å². The monoisotopic (exact) mass is 857 g/mol. The molecule has 18 heteroatoms. The Bertz CT molecular complexity index is 2880. The molecule has 1 fully saturated rings. The molecule has 1 atom stereocenters. The number of benzene rings is 3. The summed E-state index contributed by atoms with van der Waals surface area (Å²) in [6.07, 6.45) is 2.16.